The number of nitriles is 1. The number of nitrogens with zero attached hydrogens (tertiary/aromatic N) is 2. The third-order valence-electron chi connectivity index (χ3n) is 5.11. The first-order valence-corrected chi connectivity index (χ1v) is 9.83. The minimum atomic E-state index is -0.398. The van der Waals surface area contributed by atoms with Crippen molar-refractivity contribution in [1.29, 1.82) is 5.26 Å². The van der Waals surface area contributed by atoms with Crippen LogP contribution in [0.2, 0.25) is 5.02 Å². The first-order chi connectivity index (χ1) is 13.9. The van der Waals surface area contributed by atoms with E-state index < -0.39 is 5.56 Å². The first-order valence-electron chi connectivity index (χ1n) is 9.46. The maximum absolute atomic E-state index is 12.6. The van der Waals surface area contributed by atoms with Crippen molar-refractivity contribution in [3.63, 3.8) is 0 Å². The van der Waals surface area contributed by atoms with E-state index in [0.29, 0.717) is 54.7 Å². The number of H-pyrrole nitrogens is 1. The van der Waals surface area contributed by atoms with Crippen LogP contribution in [0.15, 0.2) is 23.0 Å². The smallest absolute Gasteiger partial charge is 0.266 e. The summed E-state index contributed by atoms with van der Waals surface area (Å²) < 4.78 is 5.40. The number of para-hydroxylation sites is 1. The number of morpholine rings is 1. The maximum Gasteiger partial charge on any atom is 0.266 e. The highest BCUT2D eigenvalue weighted by Crippen LogP contribution is 2.34. The van der Waals surface area contributed by atoms with Gasteiger partial charge in [0, 0.05) is 25.2 Å². The molecule has 0 bridgehead atoms. The summed E-state index contributed by atoms with van der Waals surface area (Å²) in [6.07, 6.45) is 0.635. The zero-order chi connectivity index (χ0) is 21.0. The van der Waals surface area contributed by atoms with E-state index in [1.165, 1.54) is 0 Å². The Morgan fingerprint density at radius 2 is 2.07 bits per heavy atom. The number of rotatable bonds is 5. The number of aromatic nitrogens is 1. The number of benzene rings is 1. The molecule has 152 valence electrons. The molecule has 8 heteroatoms. The van der Waals surface area contributed by atoms with Crippen molar-refractivity contribution >= 4 is 28.9 Å². The topological polar surface area (TPSA) is 98.2 Å². The largest absolute Gasteiger partial charge is 0.378 e. The molecule has 3 rings (SSSR count). The molecule has 7 nitrogen and oxygen atoms in total. The van der Waals surface area contributed by atoms with Gasteiger partial charge < -0.3 is 19.9 Å². The predicted octanol–water partition coefficient (Wildman–Crippen LogP) is 2.92. The van der Waals surface area contributed by atoms with Crippen molar-refractivity contribution < 1.29 is 9.53 Å². The Hall–Kier alpha value is -2.82. The fraction of sp³-hybridized carbons (Fsp3) is 0.381. The highest BCUT2D eigenvalue weighted by Gasteiger charge is 2.19. The van der Waals surface area contributed by atoms with Gasteiger partial charge in [0.1, 0.15) is 11.6 Å². The molecule has 0 atom stereocenters. The van der Waals surface area contributed by atoms with Crippen LogP contribution < -0.4 is 15.8 Å². The molecule has 0 unspecified atom stereocenters. The molecule has 1 fully saturated rings. The second-order valence-corrected chi connectivity index (χ2v) is 7.36. The molecule has 1 saturated heterocycles. The minimum absolute atomic E-state index is 0.0930. The summed E-state index contributed by atoms with van der Waals surface area (Å²) in [5.74, 6) is -0.162. The fourth-order valence-corrected chi connectivity index (χ4v) is 3.89. The van der Waals surface area contributed by atoms with Gasteiger partial charge in [-0.25, -0.2) is 0 Å². The van der Waals surface area contributed by atoms with Crippen LogP contribution in [0, 0.1) is 25.2 Å². The molecule has 0 aliphatic carbocycles. The summed E-state index contributed by atoms with van der Waals surface area (Å²) in [7, 11) is 0. The van der Waals surface area contributed by atoms with E-state index in [4.69, 9.17) is 16.3 Å². The number of aryl methyl sites for hydroxylation is 1. The lowest BCUT2D eigenvalue weighted by Crippen LogP contribution is -2.37. The minimum Gasteiger partial charge on any atom is -0.378 e. The zero-order valence-electron chi connectivity index (χ0n) is 16.5. The number of hydrogen-bond acceptors (Lipinski definition) is 5. The van der Waals surface area contributed by atoms with E-state index in [2.05, 4.69) is 15.2 Å². The number of nitrogens with one attached hydrogen (secondary N) is 2. The van der Waals surface area contributed by atoms with Crippen molar-refractivity contribution in [3.05, 3.63) is 56.0 Å². The number of anilines is 2. The van der Waals surface area contributed by atoms with Gasteiger partial charge in [-0.05, 0) is 43.5 Å². The summed E-state index contributed by atoms with van der Waals surface area (Å²) in [5.41, 5.74) is 3.27. The Kier molecular flexibility index (Phi) is 6.57. The van der Waals surface area contributed by atoms with E-state index >= 15 is 0 Å². The third-order valence-corrected chi connectivity index (χ3v) is 5.42. The van der Waals surface area contributed by atoms with E-state index in [-0.39, 0.29) is 17.9 Å². The van der Waals surface area contributed by atoms with Crippen LogP contribution in [0.1, 0.15) is 28.8 Å². The monoisotopic (exact) mass is 414 g/mol. The van der Waals surface area contributed by atoms with E-state index in [0.717, 1.165) is 11.3 Å². The Bertz CT molecular complexity index is 1020. The average molecular weight is 415 g/mol. The lowest BCUT2D eigenvalue weighted by atomic mass is 9.99. The molecule has 1 aromatic heterocycles. The lowest BCUT2D eigenvalue weighted by molar-refractivity contribution is -0.116. The van der Waals surface area contributed by atoms with Gasteiger partial charge in [0.2, 0.25) is 5.91 Å². The van der Waals surface area contributed by atoms with Crippen molar-refractivity contribution in [3.8, 4) is 6.07 Å². The van der Waals surface area contributed by atoms with Crippen LogP contribution in [0.25, 0.3) is 0 Å². The Morgan fingerprint density at radius 3 is 2.76 bits per heavy atom. The molecule has 0 spiro atoms. The summed E-state index contributed by atoms with van der Waals surface area (Å²) in [6, 6.07) is 7.37. The average Bonchev–Trinajstić information content (AvgIpc) is 2.68. The van der Waals surface area contributed by atoms with Gasteiger partial charge in [-0.15, -0.1) is 0 Å². The molecule has 0 radical (unpaired) electrons. The summed E-state index contributed by atoms with van der Waals surface area (Å²) in [4.78, 5) is 29.3. The number of pyridine rings is 1. The second-order valence-electron chi connectivity index (χ2n) is 6.95. The van der Waals surface area contributed by atoms with Crippen molar-refractivity contribution in [2.24, 2.45) is 0 Å². The molecule has 1 aliphatic heterocycles. The number of carbonyl (C=O) groups excluding carboxylic acids is 1. The summed E-state index contributed by atoms with van der Waals surface area (Å²) in [6.45, 7) is 6.16. The number of halogens is 1. The molecule has 0 saturated carbocycles. The Balaban J connectivity index is 1.75. The van der Waals surface area contributed by atoms with Crippen LogP contribution in [0.5, 0.6) is 0 Å². The third kappa shape index (κ3) is 4.61. The van der Waals surface area contributed by atoms with Crippen LogP contribution in [-0.2, 0) is 16.0 Å². The number of aromatic amines is 1. The molecule has 2 aromatic rings. The van der Waals surface area contributed by atoms with Gasteiger partial charge in [0.15, 0.2) is 0 Å². The predicted molar refractivity (Wildman–Crippen MR) is 113 cm³/mol. The lowest BCUT2D eigenvalue weighted by Gasteiger charge is -2.31. The Morgan fingerprint density at radius 1 is 1.34 bits per heavy atom. The van der Waals surface area contributed by atoms with Crippen molar-refractivity contribution in [2.45, 2.75) is 26.7 Å². The highest BCUT2D eigenvalue weighted by molar-refractivity contribution is 6.34. The van der Waals surface area contributed by atoms with Crippen molar-refractivity contribution in [2.75, 3.05) is 36.5 Å². The maximum atomic E-state index is 12.6. The van der Waals surface area contributed by atoms with Crippen molar-refractivity contribution in [1.82, 2.24) is 4.98 Å². The van der Waals surface area contributed by atoms with Gasteiger partial charge in [0.25, 0.3) is 5.56 Å². The zero-order valence-corrected chi connectivity index (χ0v) is 17.2. The van der Waals surface area contributed by atoms with E-state index in [9.17, 15) is 14.9 Å². The van der Waals surface area contributed by atoms with Crippen LogP contribution >= 0.6 is 11.6 Å². The van der Waals surface area contributed by atoms with E-state index in [1.54, 1.807) is 26.0 Å². The SMILES string of the molecule is Cc1[nH]c(=O)c(C#N)c(C)c1CCC(=O)Nc1cccc(Cl)c1N1CCOCC1. The normalized spacial score (nSPS) is 13.8. The molecular formula is C21H23ClN4O3. The fourth-order valence-electron chi connectivity index (χ4n) is 3.60. The molecule has 2 N–H and O–H groups in total. The number of hydrogen-bond donors (Lipinski definition) is 2. The van der Waals surface area contributed by atoms with Crippen LogP contribution in [-0.4, -0.2) is 37.2 Å². The molecule has 1 aromatic carbocycles. The molecule has 29 heavy (non-hydrogen) atoms. The second kappa shape index (κ2) is 9.12. The number of carbonyl (C=O) groups is 1. The standard InChI is InChI=1S/C21H23ClN4O3/c1-13-15(14(2)24-21(28)16(13)12-23)6-7-19(27)25-18-5-3-4-17(22)20(18)26-8-10-29-11-9-26/h3-5H,6-11H2,1-2H3,(H,24,28)(H,25,27). The summed E-state index contributed by atoms with van der Waals surface area (Å²) in [5, 5.41) is 12.7. The van der Waals surface area contributed by atoms with Gasteiger partial charge in [-0.3, -0.25) is 9.59 Å². The number of amides is 1. The molecule has 1 aliphatic rings. The molecular weight excluding hydrogens is 392 g/mol. The van der Waals surface area contributed by atoms with Gasteiger partial charge in [0.05, 0.1) is 29.6 Å². The number of ether oxygens (including phenoxy) is 1. The molecule has 2 heterocycles. The quantitative estimate of drug-likeness (QED) is 0.783. The van der Waals surface area contributed by atoms with Crippen LogP contribution in [0.3, 0.4) is 0 Å². The van der Waals surface area contributed by atoms with Crippen LogP contribution in [0.4, 0.5) is 11.4 Å². The van der Waals surface area contributed by atoms with Gasteiger partial charge >= 0.3 is 0 Å². The highest BCUT2D eigenvalue weighted by atomic mass is 35.5. The Labute approximate surface area is 174 Å². The first kappa shape index (κ1) is 20.9. The summed E-state index contributed by atoms with van der Waals surface area (Å²) >= 11 is 6.41. The van der Waals surface area contributed by atoms with E-state index in [1.807, 2.05) is 12.1 Å². The van der Waals surface area contributed by atoms with Gasteiger partial charge in [-0.2, -0.15) is 5.26 Å². The molecule has 1 amide bonds. The van der Waals surface area contributed by atoms with Gasteiger partial charge in [-0.1, -0.05) is 17.7 Å².